The Morgan fingerprint density at radius 3 is 1.93 bits per heavy atom. The Hall–Kier alpha value is -3.09. The van der Waals surface area contributed by atoms with E-state index in [4.69, 9.17) is 18.9 Å². The summed E-state index contributed by atoms with van der Waals surface area (Å²) in [5.41, 5.74) is 0.581. The van der Waals surface area contributed by atoms with Crippen LogP contribution in [0.15, 0.2) is 30.3 Å². The zero-order valence-electron chi connectivity index (χ0n) is 17.1. The number of carbonyl (C=O) groups excluding carboxylic acids is 1. The highest BCUT2D eigenvalue weighted by Gasteiger charge is 2.26. The predicted octanol–water partition coefficient (Wildman–Crippen LogP) is 3.18. The summed E-state index contributed by atoms with van der Waals surface area (Å²) in [5, 5.41) is 12.8. The van der Waals surface area contributed by atoms with Gasteiger partial charge in [0.15, 0.2) is 11.5 Å². The summed E-state index contributed by atoms with van der Waals surface area (Å²) in [7, 11) is 6.10. The number of nitrogens with one attached hydrogen (secondary N) is 1. The average Bonchev–Trinajstić information content (AvgIpc) is 2.67. The lowest BCUT2D eigenvalue weighted by Crippen LogP contribution is -2.45. The molecule has 1 amide bonds. The van der Waals surface area contributed by atoms with Gasteiger partial charge in [0.1, 0.15) is 17.2 Å². The average molecular weight is 389 g/mol. The van der Waals surface area contributed by atoms with Gasteiger partial charge in [0, 0.05) is 35.2 Å². The molecule has 0 aliphatic heterocycles. The summed E-state index contributed by atoms with van der Waals surface area (Å²) in [6.07, 6.45) is 0.429. The molecule has 0 aromatic heterocycles. The van der Waals surface area contributed by atoms with E-state index in [-0.39, 0.29) is 11.7 Å². The molecule has 0 spiro atoms. The fourth-order valence-electron chi connectivity index (χ4n) is 2.99. The van der Waals surface area contributed by atoms with Crippen molar-refractivity contribution in [3.8, 4) is 28.7 Å². The number of rotatable bonds is 8. The normalized spacial score (nSPS) is 10.9. The molecule has 2 aromatic rings. The summed E-state index contributed by atoms with van der Waals surface area (Å²) in [6, 6.07) is 8.03. The maximum atomic E-state index is 12.8. The second kappa shape index (κ2) is 8.73. The Bertz CT molecular complexity index is 822. The zero-order valence-corrected chi connectivity index (χ0v) is 17.1. The van der Waals surface area contributed by atoms with Crippen LogP contribution in [0.2, 0.25) is 0 Å². The molecule has 0 saturated heterocycles. The lowest BCUT2D eigenvalue weighted by Gasteiger charge is -2.28. The lowest BCUT2D eigenvalue weighted by atomic mass is 9.93. The van der Waals surface area contributed by atoms with Gasteiger partial charge in [0.2, 0.25) is 0 Å². The van der Waals surface area contributed by atoms with Crippen LogP contribution in [0.1, 0.15) is 29.8 Å². The first-order chi connectivity index (χ1) is 13.2. The second-order valence-corrected chi connectivity index (χ2v) is 6.91. The molecule has 0 saturated carbocycles. The molecule has 2 N–H and O–H groups in total. The number of phenols is 1. The van der Waals surface area contributed by atoms with Crippen molar-refractivity contribution in [1.82, 2.24) is 5.32 Å². The van der Waals surface area contributed by atoms with Gasteiger partial charge in [-0.2, -0.15) is 0 Å². The van der Waals surface area contributed by atoms with Crippen molar-refractivity contribution in [2.24, 2.45) is 0 Å². The molecule has 28 heavy (non-hydrogen) atoms. The SMILES string of the molecule is COc1ccc(C(=O)NC(C)(C)Cc2c(OC)cc(O)cc2OC)cc1OC. The standard InChI is InChI=1S/C21H27NO6/c1-21(2,12-15-17(26-4)10-14(23)11-18(15)27-5)22-20(24)13-7-8-16(25-3)19(9-13)28-6/h7-11,23H,12H2,1-6H3,(H,22,24). The van der Waals surface area contributed by atoms with E-state index < -0.39 is 5.54 Å². The minimum Gasteiger partial charge on any atom is -0.508 e. The monoisotopic (exact) mass is 389 g/mol. The van der Waals surface area contributed by atoms with E-state index in [1.54, 1.807) is 25.3 Å². The van der Waals surface area contributed by atoms with Crippen LogP contribution >= 0.6 is 0 Å². The van der Waals surface area contributed by atoms with Crippen molar-refractivity contribution in [3.63, 3.8) is 0 Å². The number of benzene rings is 2. The number of amides is 1. The lowest BCUT2D eigenvalue weighted by molar-refractivity contribution is 0.0912. The van der Waals surface area contributed by atoms with E-state index in [1.165, 1.54) is 33.5 Å². The fourth-order valence-corrected chi connectivity index (χ4v) is 2.99. The highest BCUT2D eigenvalue weighted by atomic mass is 16.5. The summed E-state index contributed by atoms with van der Waals surface area (Å²) >= 11 is 0. The molecule has 2 aromatic carbocycles. The topological polar surface area (TPSA) is 86.3 Å². The van der Waals surface area contributed by atoms with Crippen molar-refractivity contribution in [2.75, 3.05) is 28.4 Å². The first kappa shape index (κ1) is 21.2. The summed E-state index contributed by atoms with van der Waals surface area (Å²) in [5.74, 6) is 1.81. The highest BCUT2D eigenvalue weighted by Crippen LogP contribution is 2.36. The molecule has 0 unspecified atom stereocenters. The highest BCUT2D eigenvalue weighted by molar-refractivity contribution is 5.95. The van der Waals surface area contributed by atoms with E-state index in [1.807, 2.05) is 13.8 Å². The van der Waals surface area contributed by atoms with Gasteiger partial charge >= 0.3 is 0 Å². The summed E-state index contributed by atoms with van der Waals surface area (Å²) in [4.78, 5) is 12.8. The molecule has 0 atom stereocenters. The van der Waals surface area contributed by atoms with E-state index >= 15 is 0 Å². The molecule has 152 valence electrons. The van der Waals surface area contributed by atoms with Gasteiger partial charge in [-0.15, -0.1) is 0 Å². The van der Waals surface area contributed by atoms with Crippen molar-refractivity contribution in [2.45, 2.75) is 25.8 Å². The zero-order chi connectivity index (χ0) is 20.9. The van der Waals surface area contributed by atoms with E-state index in [9.17, 15) is 9.90 Å². The third kappa shape index (κ3) is 4.79. The quantitative estimate of drug-likeness (QED) is 0.721. The maximum Gasteiger partial charge on any atom is 0.251 e. The first-order valence-electron chi connectivity index (χ1n) is 8.73. The molecule has 0 bridgehead atoms. The molecule has 7 heteroatoms. The Kier molecular flexibility index (Phi) is 6.62. The van der Waals surface area contributed by atoms with Crippen LogP contribution in [0.25, 0.3) is 0 Å². The van der Waals surface area contributed by atoms with Gasteiger partial charge in [-0.3, -0.25) is 4.79 Å². The molecule has 0 aliphatic carbocycles. The number of hydrogen-bond acceptors (Lipinski definition) is 6. The second-order valence-electron chi connectivity index (χ2n) is 6.91. The van der Waals surface area contributed by atoms with E-state index in [0.717, 1.165) is 5.56 Å². The van der Waals surface area contributed by atoms with Crippen LogP contribution in [-0.2, 0) is 6.42 Å². The fraction of sp³-hybridized carbons (Fsp3) is 0.381. The number of phenolic OH excluding ortho intramolecular Hbond substituents is 1. The summed E-state index contributed by atoms with van der Waals surface area (Å²) < 4.78 is 21.2. The van der Waals surface area contributed by atoms with Crippen LogP contribution in [0.5, 0.6) is 28.7 Å². The van der Waals surface area contributed by atoms with Crippen LogP contribution < -0.4 is 24.3 Å². The van der Waals surface area contributed by atoms with E-state index in [0.29, 0.717) is 35.0 Å². The Morgan fingerprint density at radius 2 is 1.43 bits per heavy atom. The third-order valence-corrected chi connectivity index (χ3v) is 4.31. The van der Waals surface area contributed by atoms with Gasteiger partial charge in [0.05, 0.1) is 28.4 Å². The minimum absolute atomic E-state index is 0.0459. The van der Waals surface area contributed by atoms with Gasteiger partial charge in [0.25, 0.3) is 5.91 Å². The van der Waals surface area contributed by atoms with Gasteiger partial charge < -0.3 is 29.4 Å². The van der Waals surface area contributed by atoms with Crippen LogP contribution in [0.3, 0.4) is 0 Å². The van der Waals surface area contributed by atoms with Gasteiger partial charge in [-0.1, -0.05) is 0 Å². The Morgan fingerprint density at radius 1 is 0.893 bits per heavy atom. The van der Waals surface area contributed by atoms with Crippen molar-refractivity contribution < 1.29 is 28.8 Å². The molecule has 2 rings (SSSR count). The smallest absolute Gasteiger partial charge is 0.251 e. The summed E-state index contributed by atoms with van der Waals surface area (Å²) in [6.45, 7) is 3.80. The van der Waals surface area contributed by atoms with Crippen LogP contribution in [0, 0.1) is 0 Å². The molecule has 0 radical (unpaired) electrons. The number of methoxy groups -OCH3 is 4. The number of hydrogen-bond donors (Lipinski definition) is 2. The predicted molar refractivity (Wildman–Crippen MR) is 106 cm³/mol. The third-order valence-electron chi connectivity index (χ3n) is 4.31. The molecule has 7 nitrogen and oxygen atoms in total. The van der Waals surface area contributed by atoms with Crippen LogP contribution in [0.4, 0.5) is 0 Å². The number of carbonyl (C=O) groups is 1. The van der Waals surface area contributed by atoms with Crippen molar-refractivity contribution in [1.29, 1.82) is 0 Å². The largest absolute Gasteiger partial charge is 0.508 e. The van der Waals surface area contributed by atoms with Crippen molar-refractivity contribution >= 4 is 5.91 Å². The van der Waals surface area contributed by atoms with Crippen LogP contribution in [-0.4, -0.2) is 45.0 Å². The Balaban J connectivity index is 2.26. The minimum atomic E-state index is -0.623. The molecule has 0 fully saturated rings. The van der Waals surface area contributed by atoms with Gasteiger partial charge in [-0.25, -0.2) is 0 Å². The maximum absolute atomic E-state index is 12.8. The van der Waals surface area contributed by atoms with E-state index in [2.05, 4.69) is 5.32 Å². The van der Waals surface area contributed by atoms with Crippen molar-refractivity contribution in [3.05, 3.63) is 41.5 Å². The molecular weight excluding hydrogens is 362 g/mol. The molecule has 0 aliphatic rings. The number of ether oxygens (including phenoxy) is 4. The first-order valence-corrected chi connectivity index (χ1v) is 8.73. The van der Waals surface area contributed by atoms with Gasteiger partial charge in [-0.05, 0) is 32.0 Å². The molecular formula is C21H27NO6. The molecule has 0 heterocycles. The number of aromatic hydroxyl groups is 1. The Labute approximate surface area is 165 Å².